The van der Waals surface area contributed by atoms with Crippen molar-refractivity contribution in [2.75, 3.05) is 19.7 Å². The molecule has 0 saturated carbocycles. The number of ether oxygens (including phenoxy) is 1. The molecular weight excluding hydrogens is 200 g/mol. The zero-order chi connectivity index (χ0) is 11.5. The standard InChI is InChI=1S/C13H26N2O/c1-10-5-3-7-15(11(10)2)12(9-14)13-6-4-8-16-13/h10-13H,3-9,14H2,1-2H3. The van der Waals surface area contributed by atoms with Gasteiger partial charge in [-0.2, -0.15) is 0 Å². The van der Waals surface area contributed by atoms with Crippen LogP contribution in [0.4, 0.5) is 0 Å². The smallest absolute Gasteiger partial charge is 0.0743 e. The molecule has 0 aromatic carbocycles. The minimum absolute atomic E-state index is 0.387. The summed E-state index contributed by atoms with van der Waals surface area (Å²) in [6.45, 7) is 7.58. The van der Waals surface area contributed by atoms with Crippen LogP contribution in [-0.4, -0.2) is 42.8 Å². The number of nitrogens with zero attached hydrogens (tertiary/aromatic N) is 1. The van der Waals surface area contributed by atoms with E-state index in [9.17, 15) is 0 Å². The highest BCUT2D eigenvalue weighted by Crippen LogP contribution is 2.28. The molecule has 4 unspecified atom stereocenters. The molecule has 0 amide bonds. The molecule has 0 spiro atoms. The Morgan fingerprint density at radius 1 is 1.31 bits per heavy atom. The number of likely N-dealkylation sites (tertiary alicyclic amines) is 1. The maximum absolute atomic E-state index is 5.97. The van der Waals surface area contributed by atoms with Crippen LogP contribution in [0.5, 0.6) is 0 Å². The number of hydrogen-bond acceptors (Lipinski definition) is 3. The fraction of sp³-hybridized carbons (Fsp3) is 1.00. The van der Waals surface area contributed by atoms with Crippen molar-refractivity contribution < 1.29 is 4.74 Å². The van der Waals surface area contributed by atoms with Crippen LogP contribution in [0.2, 0.25) is 0 Å². The highest BCUT2D eigenvalue weighted by Gasteiger charge is 2.35. The second kappa shape index (κ2) is 5.48. The Kier molecular flexibility index (Phi) is 4.22. The summed E-state index contributed by atoms with van der Waals surface area (Å²) < 4.78 is 5.82. The van der Waals surface area contributed by atoms with E-state index in [4.69, 9.17) is 10.5 Å². The highest BCUT2D eigenvalue weighted by molar-refractivity contribution is 4.90. The quantitative estimate of drug-likeness (QED) is 0.794. The van der Waals surface area contributed by atoms with Gasteiger partial charge in [0.2, 0.25) is 0 Å². The lowest BCUT2D eigenvalue weighted by molar-refractivity contribution is -0.0136. The molecule has 2 N–H and O–H groups in total. The van der Waals surface area contributed by atoms with Crippen molar-refractivity contribution in [3.8, 4) is 0 Å². The molecule has 3 nitrogen and oxygen atoms in total. The molecule has 4 atom stereocenters. The summed E-state index contributed by atoms with van der Waals surface area (Å²) in [5.74, 6) is 0.796. The lowest BCUT2D eigenvalue weighted by atomic mass is 9.89. The summed E-state index contributed by atoms with van der Waals surface area (Å²) in [5, 5.41) is 0. The van der Waals surface area contributed by atoms with Gasteiger partial charge in [0, 0.05) is 25.2 Å². The predicted molar refractivity (Wildman–Crippen MR) is 66.4 cm³/mol. The first-order valence-electron chi connectivity index (χ1n) is 6.81. The van der Waals surface area contributed by atoms with Crippen molar-refractivity contribution >= 4 is 0 Å². The van der Waals surface area contributed by atoms with Crippen molar-refractivity contribution in [1.82, 2.24) is 4.90 Å². The van der Waals surface area contributed by atoms with E-state index in [1.165, 1.54) is 32.2 Å². The Morgan fingerprint density at radius 2 is 2.12 bits per heavy atom. The largest absolute Gasteiger partial charge is 0.377 e. The number of hydrogen-bond donors (Lipinski definition) is 1. The van der Waals surface area contributed by atoms with Gasteiger partial charge in [0.15, 0.2) is 0 Å². The molecule has 94 valence electrons. The summed E-state index contributed by atoms with van der Waals surface area (Å²) >= 11 is 0. The normalized spacial score (nSPS) is 38.8. The molecule has 3 heteroatoms. The third-order valence-electron chi connectivity index (χ3n) is 4.48. The van der Waals surface area contributed by atoms with Crippen LogP contribution in [-0.2, 0) is 4.74 Å². The maximum Gasteiger partial charge on any atom is 0.0743 e. The molecule has 2 aliphatic rings. The zero-order valence-electron chi connectivity index (χ0n) is 10.7. The summed E-state index contributed by atoms with van der Waals surface area (Å²) in [7, 11) is 0. The second-order valence-corrected chi connectivity index (χ2v) is 5.45. The van der Waals surface area contributed by atoms with Crippen LogP contribution >= 0.6 is 0 Å². The number of rotatable bonds is 3. The van der Waals surface area contributed by atoms with Crippen LogP contribution in [0.1, 0.15) is 39.5 Å². The molecule has 2 rings (SSSR count). The van der Waals surface area contributed by atoms with Crippen LogP contribution in [0.3, 0.4) is 0 Å². The molecule has 0 aromatic rings. The van der Waals surface area contributed by atoms with Gasteiger partial charge in [-0.15, -0.1) is 0 Å². The van der Waals surface area contributed by atoms with E-state index in [1.807, 2.05) is 0 Å². The van der Waals surface area contributed by atoms with Gasteiger partial charge in [-0.1, -0.05) is 6.92 Å². The van der Waals surface area contributed by atoms with Crippen molar-refractivity contribution in [3.05, 3.63) is 0 Å². The van der Waals surface area contributed by atoms with Crippen molar-refractivity contribution in [2.24, 2.45) is 11.7 Å². The fourth-order valence-corrected chi connectivity index (χ4v) is 3.24. The average molecular weight is 226 g/mol. The first-order chi connectivity index (χ1) is 7.74. The van der Waals surface area contributed by atoms with Gasteiger partial charge in [0.25, 0.3) is 0 Å². The van der Waals surface area contributed by atoms with E-state index in [2.05, 4.69) is 18.7 Å². The van der Waals surface area contributed by atoms with Gasteiger partial charge >= 0.3 is 0 Å². The molecule has 2 fully saturated rings. The summed E-state index contributed by atoms with van der Waals surface area (Å²) in [5.41, 5.74) is 5.97. The Labute approximate surface area is 99.3 Å². The SMILES string of the molecule is CC1CCCN(C(CN)C2CCCO2)C1C. The minimum Gasteiger partial charge on any atom is -0.377 e. The fourth-order valence-electron chi connectivity index (χ4n) is 3.24. The lowest BCUT2D eigenvalue weighted by Gasteiger charge is -2.44. The molecule has 2 aliphatic heterocycles. The van der Waals surface area contributed by atoms with Gasteiger partial charge < -0.3 is 10.5 Å². The third-order valence-corrected chi connectivity index (χ3v) is 4.48. The predicted octanol–water partition coefficient (Wildman–Crippen LogP) is 1.61. The summed E-state index contributed by atoms with van der Waals surface area (Å²) in [6.07, 6.45) is 5.46. The topological polar surface area (TPSA) is 38.5 Å². The molecule has 0 radical (unpaired) electrons. The van der Waals surface area contributed by atoms with Crippen LogP contribution < -0.4 is 5.73 Å². The molecular formula is C13H26N2O. The van der Waals surface area contributed by atoms with Gasteiger partial charge in [-0.05, 0) is 45.1 Å². The van der Waals surface area contributed by atoms with Crippen molar-refractivity contribution in [1.29, 1.82) is 0 Å². The lowest BCUT2D eigenvalue weighted by Crippen LogP contribution is -2.55. The van der Waals surface area contributed by atoms with E-state index in [1.54, 1.807) is 0 Å². The number of piperidine rings is 1. The van der Waals surface area contributed by atoms with E-state index < -0.39 is 0 Å². The van der Waals surface area contributed by atoms with Gasteiger partial charge in [-0.25, -0.2) is 0 Å². The summed E-state index contributed by atoms with van der Waals surface area (Å²) in [6, 6.07) is 1.10. The van der Waals surface area contributed by atoms with Crippen molar-refractivity contribution in [3.63, 3.8) is 0 Å². The molecule has 2 heterocycles. The molecule has 16 heavy (non-hydrogen) atoms. The average Bonchev–Trinajstić information content (AvgIpc) is 2.79. The Morgan fingerprint density at radius 3 is 2.75 bits per heavy atom. The minimum atomic E-state index is 0.387. The van der Waals surface area contributed by atoms with E-state index >= 15 is 0 Å². The summed E-state index contributed by atoms with van der Waals surface area (Å²) in [4.78, 5) is 2.60. The third kappa shape index (κ3) is 2.41. The number of nitrogens with two attached hydrogens (primary N) is 1. The van der Waals surface area contributed by atoms with Crippen LogP contribution in [0, 0.1) is 5.92 Å². The molecule has 0 bridgehead atoms. The molecule has 0 aliphatic carbocycles. The van der Waals surface area contributed by atoms with Gasteiger partial charge in [0.1, 0.15) is 0 Å². The molecule has 0 aromatic heterocycles. The second-order valence-electron chi connectivity index (χ2n) is 5.45. The van der Waals surface area contributed by atoms with Crippen LogP contribution in [0.15, 0.2) is 0 Å². The van der Waals surface area contributed by atoms with E-state index in [0.717, 1.165) is 19.1 Å². The van der Waals surface area contributed by atoms with Crippen molar-refractivity contribution in [2.45, 2.75) is 57.7 Å². The monoisotopic (exact) mass is 226 g/mol. The van der Waals surface area contributed by atoms with E-state index in [-0.39, 0.29) is 0 Å². The van der Waals surface area contributed by atoms with Gasteiger partial charge in [-0.3, -0.25) is 4.90 Å². The Hall–Kier alpha value is -0.120. The Bertz CT molecular complexity index is 214. The van der Waals surface area contributed by atoms with Crippen LogP contribution in [0.25, 0.3) is 0 Å². The van der Waals surface area contributed by atoms with E-state index in [0.29, 0.717) is 18.2 Å². The first kappa shape index (κ1) is 12.3. The first-order valence-corrected chi connectivity index (χ1v) is 6.81. The maximum atomic E-state index is 5.97. The molecule has 2 saturated heterocycles. The zero-order valence-corrected chi connectivity index (χ0v) is 10.7. The Balaban J connectivity index is 2.01. The highest BCUT2D eigenvalue weighted by atomic mass is 16.5. The van der Waals surface area contributed by atoms with Gasteiger partial charge in [0.05, 0.1) is 6.10 Å².